The van der Waals surface area contributed by atoms with E-state index in [1.54, 1.807) is 0 Å². The second-order valence-electron chi connectivity index (χ2n) is 5.54. The molecule has 0 saturated carbocycles. The number of nitrogens with zero attached hydrogens (tertiary/aromatic N) is 2. The zero-order valence-corrected chi connectivity index (χ0v) is 15.9. The maximum absolute atomic E-state index is 5.87. The summed E-state index contributed by atoms with van der Waals surface area (Å²) in [5.74, 6) is 0.483. The van der Waals surface area contributed by atoms with Crippen LogP contribution in [0.1, 0.15) is 34.1 Å². The standard InChI is InChI=1S/C16H28N4.HI/c1-13(2)20(14(3)4)12-8-11-18-16(17)19-15-9-6-5-7-10-15;/h5-7,9-10,13-14H,8,11-12H2,1-4H3,(H3,17,18,19);1H. The van der Waals surface area contributed by atoms with Crippen molar-refractivity contribution >= 4 is 35.6 Å². The first-order valence-electron chi connectivity index (χ1n) is 7.38. The molecule has 5 heteroatoms. The number of hydrogen-bond acceptors (Lipinski definition) is 2. The average molecular weight is 404 g/mol. The first kappa shape index (κ1) is 20.2. The van der Waals surface area contributed by atoms with Gasteiger partial charge in [-0.3, -0.25) is 9.89 Å². The highest BCUT2D eigenvalue weighted by Crippen LogP contribution is 2.06. The third-order valence-electron chi connectivity index (χ3n) is 3.23. The number of hydrogen-bond donors (Lipinski definition) is 2. The number of nitrogens with one attached hydrogen (secondary N) is 1. The highest BCUT2D eigenvalue weighted by Gasteiger charge is 2.11. The van der Waals surface area contributed by atoms with E-state index < -0.39 is 0 Å². The number of halogens is 1. The average Bonchev–Trinajstić information content (AvgIpc) is 2.38. The highest BCUT2D eigenvalue weighted by atomic mass is 127. The van der Waals surface area contributed by atoms with Crippen LogP contribution in [0.5, 0.6) is 0 Å². The first-order valence-corrected chi connectivity index (χ1v) is 7.38. The number of nitrogens with two attached hydrogens (primary N) is 1. The Hall–Kier alpha value is -0.820. The largest absolute Gasteiger partial charge is 0.370 e. The van der Waals surface area contributed by atoms with E-state index in [1.807, 2.05) is 30.3 Å². The van der Waals surface area contributed by atoms with Crippen molar-refractivity contribution in [1.82, 2.24) is 4.90 Å². The van der Waals surface area contributed by atoms with Gasteiger partial charge in [0.1, 0.15) is 0 Å². The number of anilines is 1. The lowest BCUT2D eigenvalue weighted by Gasteiger charge is -2.30. The molecule has 0 fully saturated rings. The fourth-order valence-corrected chi connectivity index (χ4v) is 2.27. The molecule has 0 bridgehead atoms. The van der Waals surface area contributed by atoms with Gasteiger partial charge in [-0.2, -0.15) is 0 Å². The molecule has 0 unspecified atom stereocenters. The molecule has 0 aliphatic heterocycles. The lowest BCUT2D eigenvalue weighted by molar-refractivity contribution is 0.174. The Morgan fingerprint density at radius 1 is 1.14 bits per heavy atom. The van der Waals surface area contributed by atoms with Crippen LogP contribution in [-0.2, 0) is 0 Å². The van der Waals surface area contributed by atoms with Gasteiger partial charge in [-0.1, -0.05) is 18.2 Å². The maximum atomic E-state index is 5.87. The molecule has 0 aliphatic rings. The number of para-hydroxylation sites is 1. The molecule has 0 spiro atoms. The predicted molar refractivity (Wildman–Crippen MR) is 104 cm³/mol. The normalized spacial score (nSPS) is 11.9. The number of rotatable bonds is 7. The summed E-state index contributed by atoms with van der Waals surface area (Å²) in [4.78, 5) is 6.84. The van der Waals surface area contributed by atoms with Crippen molar-refractivity contribution in [2.24, 2.45) is 10.7 Å². The van der Waals surface area contributed by atoms with E-state index >= 15 is 0 Å². The smallest absolute Gasteiger partial charge is 0.193 e. The molecular formula is C16H29IN4. The summed E-state index contributed by atoms with van der Waals surface area (Å²) < 4.78 is 0. The molecule has 0 radical (unpaired) electrons. The SMILES string of the molecule is CC(C)N(CCCN=C(N)Nc1ccccc1)C(C)C.I. The minimum absolute atomic E-state index is 0. The Morgan fingerprint density at radius 3 is 2.24 bits per heavy atom. The lowest BCUT2D eigenvalue weighted by atomic mass is 10.2. The van der Waals surface area contributed by atoms with Crippen molar-refractivity contribution < 1.29 is 0 Å². The summed E-state index contributed by atoms with van der Waals surface area (Å²) in [6.07, 6.45) is 1.02. The monoisotopic (exact) mass is 404 g/mol. The molecule has 0 atom stereocenters. The molecule has 21 heavy (non-hydrogen) atoms. The molecule has 120 valence electrons. The van der Waals surface area contributed by atoms with Gasteiger partial charge in [-0.05, 0) is 46.2 Å². The quantitative estimate of drug-likeness (QED) is 0.316. The molecule has 4 nitrogen and oxygen atoms in total. The molecule has 0 amide bonds. The summed E-state index contributed by atoms with van der Waals surface area (Å²) in [5.41, 5.74) is 6.84. The van der Waals surface area contributed by atoms with Crippen molar-refractivity contribution in [2.75, 3.05) is 18.4 Å². The Balaban J connectivity index is 0.00000400. The summed E-state index contributed by atoms with van der Waals surface area (Å²) in [5, 5.41) is 3.09. The summed E-state index contributed by atoms with van der Waals surface area (Å²) in [7, 11) is 0. The van der Waals surface area contributed by atoms with Crippen LogP contribution in [0.2, 0.25) is 0 Å². The Morgan fingerprint density at radius 2 is 1.71 bits per heavy atom. The van der Waals surface area contributed by atoms with Crippen LogP contribution in [0.15, 0.2) is 35.3 Å². The number of guanidine groups is 1. The third kappa shape index (κ3) is 8.26. The van der Waals surface area contributed by atoms with Crippen molar-refractivity contribution in [2.45, 2.75) is 46.2 Å². The summed E-state index contributed by atoms with van der Waals surface area (Å²) in [6.45, 7) is 10.7. The Bertz CT molecular complexity index is 396. The Labute approximate surface area is 146 Å². The second kappa shape index (κ2) is 10.8. The zero-order valence-electron chi connectivity index (χ0n) is 13.5. The van der Waals surface area contributed by atoms with E-state index in [2.05, 4.69) is 42.9 Å². The number of aliphatic imine (C=N–C) groups is 1. The summed E-state index contributed by atoms with van der Waals surface area (Å²) >= 11 is 0. The second-order valence-corrected chi connectivity index (χ2v) is 5.54. The molecule has 0 saturated heterocycles. The highest BCUT2D eigenvalue weighted by molar-refractivity contribution is 14.0. The topological polar surface area (TPSA) is 53.6 Å². The van der Waals surface area contributed by atoms with Crippen LogP contribution in [0, 0.1) is 0 Å². The first-order chi connectivity index (χ1) is 9.50. The van der Waals surface area contributed by atoms with Crippen molar-refractivity contribution in [1.29, 1.82) is 0 Å². The zero-order chi connectivity index (χ0) is 15.0. The lowest BCUT2D eigenvalue weighted by Crippen LogP contribution is -2.38. The van der Waals surface area contributed by atoms with E-state index in [-0.39, 0.29) is 24.0 Å². The predicted octanol–water partition coefficient (Wildman–Crippen LogP) is 3.54. The molecule has 3 N–H and O–H groups in total. The van der Waals surface area contributed by atoms with Gasteiger partial charge in [-0.15, -0.1) is 24.0 Å². The van der Waals surface area contributed by atoms with Gasteiger partial charge in [0.25, 0.3) is 0 Å². The van der Waals surface area contributed by atoms with Crippen molar-refractivity contribution in [3.8, 4) is 0 Å². The van der Waals surface area contributed by atoms with E-state index in [0.29, 0.717) is 18.0 Å². The van der Waals surface area contributed by atoms with Crippen LogP contribution in [-0.4, -0.2) is 36.0 Å². The van der Waals surface area contributed by atoms with Crippen molar-refractivity contribution in [3.63, 3.8) is 0 Å². The molecule has 1 rings (SSSR count). The van der Waals surface area contributed by atoms with E-state index in [9.17, 15) is 0 Å². The Kier molecular flexibility index (Phi) is 10.4. The van der Waals surface area contributed by atoms with Crippen LogP contribution in [0.25, 0.3) is 0 Å². The third-order valence-corrected chi connectivity index (χ3v) is 3.23. The van der Waals surface area contributed by atoms with E-state index in [0.717, 1.165) is 25.2 Å². The maximum Gasteiger partial charge on any atom is 0.193 e. The molecule has 0 aromatic heterocycles. The van der Waals surface area contributed by atoms with Crippen molar-refractivity contribution in [3.05, 3.63) is 30.3 Å². The van der Waals surface area contributed by atoms with Crippen LogP contribution < -0.4 is 11.1 Å². The van der Waals surface area contributed by atoms with Gasteiger partial charge in [-0.25, -0.2) is 0 Å². The fraction of sp³-hybridized carbons (Fsp3) is 0.562. The fourth-order valence-electron chi connectivity index (χ4n) is 2.27. The minimum Gasteiger partial charge on any atom is -0.370 e. The van der Waals surface area contributed by atoms with Crippen LogP contribution in [0.3, 0.4) is 0 Å². The van der Waals surface area contributed by atoms with E-state index in [4.69, 9.17) is 5.73 Å². The van der Waals surface area contributed by atoms with Gasteiger partial charge in [0.05, 0.1) is 0 Å². The molecule has 1 aromatic carbocycles. The van der Waals surface area contributed by atoms with E-state index in [1.165, 1.54) is 0 Å². The van der Waals surface area contributed by atoms with Gasteiger partial charge >= 0.3 is 0 Å². The molecular weight excluding hydrogens is 375 g/mol. The van der Waals surface area contributed by atoms with Gasteiger partial charge in [0.15, 0.2) is 5.96 Å². The molecule has 0 aliphatic carbocycles. The number of benzene rings is 1. The van der Waals surface area contributed by atoms with Gasteiger partial charge in [0, 0.05) is 30.9 Å². The van der Waals surface area contributed by atoms with Crippen LogP contribution >= 0.6 is 24.0 Å². The van der Waals surface area contributed by atoms with Gasteiger partial charge < -0.3 is 11.1 Å². The summed E-state index contributed by atoms with van der Waals surface area (Å²) in [6, 6.07) is 11.0. The minimum atomic E-state index is 0. The van der Waals surface area contributed by atoms with Gasteiger partial charge in [0.2, 0.25) is 0 Å². The molecule has 0 heterocycles. The van der Waals surface area contributed by atoms with Crippen LogP contribution in [0.4, 0.5) is 5.69 Å². The molecule has 1 aromatic rings.